The molecule has 0 unspecified atom stereocenters. The molecule has 1 rings (SSSR count). The number of aldehydes is 1. The van der Waals surface area contributed by atoms with E-state index in [0.717, 1.165) is 6.07 Å². The highest BCUT2D eigenvalue weighted by molar-refractivity contribution is 5.84. The first-order valence-electron chi connectivity index (χ1n) is 3.32. The zero-order valence-electron chi connectivity index (χ0n) is 6.38. The van der Waals surface area contributed by atoms with Crippen molar-refractivity contribution in [3.8, 4) is 0 Å². The Balaban J connectivity index is 3.47. The zero-order chi connectivity index (χ0) is 10.0. The van der Waals surface area contributed by atoms with E-state index < -0.39 is 17.7 Å². The first-order valence-corrected chi connectivity index (χ1v) is 3.32. The summed E-state index contributed by atoms with van der Waals surface area (Å²) in [7, 11) is 0. The monoisotopic (exact) mass is 188 g/mol. The number of rotatable bonds is 2. The fourth-order valence-electron chi connectivity index (χ4n) is 0.914. The number of pyridine rings is 1. The quantitative estimate of drug-likeness (QED) is 0.671. The molecule has 0 saturated heterocycles. The molecule has 0 atom stereocenters. The van der Waals surface area contributed by atoms with E-state index in [4.69, 9.17) is 5.73 Å². The Morgan fingerprint density at radius 3 is 2.62 bits per heavy atom. The van der Waals surface area contributed by atoms with Gasteiger partial charge in [0.15, 0.2) is 6.29 Å². The number of aromatic nitrogens is 1. The van der Waals surface area contributed by atoms with Gasteiger partial charge in [-0.1, -0.05) is 0 Å². The first-order chi connectivity index (χ1) is 6.06. The van der Waals surface area contributed by atoms with E-state index in [9.17, 15) is 18.4 Å². The van der Waals surface area contributed by atoms with Gasteiger partial charge in [0.1, 0.15) is 0 Å². The van der Waals surface area contributed by atoms with Crippen molar-refractivity contribution in [1.82, 2.24) is 4.98 Å². The number of H-pyrrole nitrogens is 1. The molecule has 13 heavy (non-hydrogen) atoms. The predicted molar refractivity (Wildman–Crippen MR) is 41.8 cm³/mol. The minimum Gasteiger partial charge on any atom is -0.398 e. The fraction of sp³-hybridized carbons (Fsp3) is 0.143. The van der Waals surface area contributed by atoms with E-state index in [-0.39, 0.29) is 17.5 Å². The van der Waals surface area contributed by atoms with Crippen molar-refractivity contribution in [2.24, 2.45) is 0 Å². The van der Waals surface area contributed by atoms with E-state index in [1.54, 1.807) is 0 Å². The van der Waals surface area contributed by atoms with Crippen LogP contribution in [0.4, 0.5) is 14.5 Å². The Morgan fingerprint density at radius 2 is 2.15 bits per heavy atom. The average Bonchev–Trinajstić information content (AvgIpc) is 2.02. The van der Waals surface area contributed by atoms with Crippen LogP contribution in [-0.4, -0.2) is 11.3 Å². The summed E-state index contributed by atoms with van der Waals surface area (Å²) >= 11 is 0. The molecule has 3 N–H and O–H groups in total. The van der Waals surface area contributed by atoms with Gasteiger partial charge in [0.05, 0.1) is 11.3 Å². The van der Waals surface area contributed by atoms with Gasteiger partial charge >= 0.3 is 0 Å². The smallest absolute Gasteiger partial charge is 0.279 e. The lowest BCUT2D eigenvalue weighted by Gasteiger charge is -2.04. The molecular formula is C7H6F2N2O2. The second kappa shape index (κ2) is 3.34. The zero-order valence-corrected chi connectivity index (χ0v) is 6.38. The second-order valence-electron chi connectivity index (χ2n) is 2.33. The molecule has 0 spiro atoms. The number of nitrogen functional groups attached to an aromatic ring is 1. The summed E-state index contributed by atoms with van der Waals surface area (Å²) in [4.78, 5) is 22.9. The van der Waals surface area contributed by atoms with Gasteiger partial charge in [-0.25, -0.2) is 8.78 Å². The number of nitrogens with one attached hydrogen (secondary N) is 1. The normalized spacial score (nSPS) is 10.4. The average molecular weight is 188 g/mol. The number of aromatic amines is 1. The van der Waals surface area contributed by atoms with Crippen LogP contribution in [-0.2, 0) is 0 Å². The number of carbonyl (C=O) groups is 1. The van der Waals surface area contributed by atoms with Crippen molar-refractivity contribution < 1.29 is 13.6 Å². The van der Waals surface area contributed by atoms with Gasteiger partial charge in [0.2, 0.25) is 5.56 Å². The minimum absolute atomic E-state index is 0.187. The lowest BCUT2D eigenvalue weighted by Crippen LogP contribution is -2.13. The summed E-state index contributed by atoms with van der Waals surface area (Å²) < 4.78 is 24.4. The molecule has 0 aliphatic carbocycles. The summed E-state index contributed by atoms with van der Waals surface area (Å²) in [5, 5.41) is 0. The van der Waals surface area contributed by atoms with Gasteiger partial charge in [-0.2, -0.15) is 0 Å². The molecule has 0 bridgehead atoms. The molecule has 0 aliphatic rings. The topological polar surface area (TPSA) is 76.0 Å². The van der Waals surface area contributed by atoms with E-state index in [0.29, 0.717) is 0 Å². The number of carbonyl (C=O) groups excluding carboxylic acids is 1. The maximum Gasteiger partial charge on any atom is 0.279 e. The summed E-state index contributed by atoms with van der Waals surface area (Å²) in [6.45, 7) is 0. The molecule has 6 heteroatoms. The molecule has 0 radical (unpaired) electrons. The molecule has 0 fully saturated rings. The summed E-state index contributed by atoms with van der Waals surface area (Å²) in [6, 6.07) is 0.885. The third-order valence-corrected chi connectivity index (χ3v) is 1.48. The van der Waals surface area contributed by atoms with E-state index in [1.165, 1.54) is 0 Å². The third kappa shape index (κ3) is 1.71. The lowest BCUT2D eigenvalue weighted by molar-refractivity contribution is 0.110. The summed E-state index contributed by atoms with van der Waals surface area (Å²) in [5.41, 5.74) is 3.09. The fourth-order valence-corrected chi connectivity index (χ4v) is 0.914. The van der Waals surface area contributed by atoms with Crippen molar-refractivity contribution in [3.05, 3.63) is 27.7 Å². The van der Waals surface area contributed by atoms with Gasteiger partial charge < -0.3 is 10.7 Å². The van der Waals surface area contributed by atoms with Crippen LogP contribution < -0.4 is 11.3 Å². The summed E-state index contributed by atoms with van der Waals surface area (Å²) in [6.07, 6.45) is -2.73. The Labute approximate surface area is 71.4 Å². The van der Waals surface area contributed by atoms with Crippen LogP contribution in [0.25, 0.3) is 0 Å². The van der Waals surface area contributed by atoms with Crippen LogP contribution >= 0.6 is 0 Å². The van der Waals surface area contributed by atoms with Gasteiger partial charge in [0.25, 0.3) is 6.43 Å². The molecule has 1 aromatic heterocycles. The molecule has 70 valence electrons. The van der Waals surface area contributed by atoms with Crippen molar-refractivity contribution in [2.45, 2.75) is 6.43 Å². The highest BCUT2D eigenvalue weighted by Crippen LogP contribution is 2.21. The highest BCUT2D eigenvalue weighted by Gasteiger charge is 2.16. The molecule has 0 amide bonds. The number of anilines is 1. The number of halogens is 2. The Morgan fingerprint density at radius 1 is 1.54 bits per heavy atom. The molecule has 4 nitrogen and oxygen atoms in total. The Bertz CT molecular complexity index is 387. The van der Waals surface area contributed by atoms with Gasteiger partial charge in [-0.05, 0) is 0 Å². The number of alkyl halides is 2. The lowest BCUT2D eigenvalue weighted by atomic mass is 10.2. The minimum atomic E-state index is -2.92. The van der Waals surface area contributed by atoms with Crippen molar-refractivity contribution in [3.63, 3.8) is 0 Å². The predicted octanol–water partition coefficient (Wildman–Crippen LogP) is 0.707. The van der Waals surface area contributed by atoms with Crippen molar-refractivity contribution in [2.75, 3.05) is 5.73 Å². The van der Waals surface area contributed by atoms with Crippen molar-refractivity contribution >= 4 is 12.0 Å². The molecular weight excluding hydrogens is 182 g/mol. The van der Waals surface area contributed by atoms with Crippen LogP contribution in [0.5, 0.6) is 0 Å². The highest BCUT2D eigenvalue weighted by atomic mass is 19.3. The van der Waals surface area contributed by atoms with Crippen LogP contribution in [0.2, 0.25) is 0 Å². The SMILES string of the molecule is Nc1cc(=O)[nH]c(C(F)F)c1C=O. The van der Waals surface area contributed by atoms with Gasteiger partial charge in [-0.3, -0.25) is 9.59 Å². The number of nitrogens with two attached hydrogens (primary N) is 1. The second-order valence-corrected chi connectivity index (χ2v) is 2.33. The van der Waals surface area contributed by atoms with E-state index >= 15 is 0 Å². The van der Waals surface area contributed by atoms with E-state index in [1.807, 2.05) is 4.98 Å². The Hall–Kier alpha value is -1.72. The summed E-state index contributed by atoms with van der Waals surface area (Å²) in [5.74, 6) is 0. The molecule has 1 aromatic rings. The number of hydrogen-bond acceptors (Lipinski definition) is 3. The molecule has 0 aromatic carbocycles. The maximum atomic E-state index is 12.2. The van der Waals surface area contributed by atoms with Crippen LogP contribution in [0.15, 0.2) is 10.9 Å². The van der Waals surface area contributed by atoms with Gasteiger partial charge in [-0.15, -0.1) is 0 Å². The van der Waals surface area contributed by atoms with Crippen LogP contribution in [0, 0.1) is 0 Å². The standard InChI is InChI=1S/C7H6F2N2O2/c8-7(9)6-3(2-12)4(10)1-5(13)11-6/h1-2,7H,(H3,10,11,13). The van der Waals surface area contributed by atoms with Crippen LogP contribution in [0.3, 0.4) is 0 Å². The third-order valence-electron chi connectivity index (χ3n) is 1.48. The first kappa shape index (κ1) is 9.37. The Kier molecular flexibility index (Phi) is 2.41. The van der Waals surface area contributed by atoms with Gasteiger partial charge in [0, 0.05) is 11.8 Å². The molecule has 0 aliphatic heterocycles. The van der Waals surface area contributed by atoms with Crippen molar-refractivity contribution in [1.29, 1.82) is 0 Å². The number of hydrogen-bond donors (Lipinski definition) is 2. The molecule has 0 saturated carbocycles. The van der Waals surface area contributed by atoms with E-state index in [2.05, 4.69) is 0 Å². The maximum absolute atomic E-state index is 12.2. The molecule has 1 heterocycles. The largest absolute Gasteiger partial charge is 0.398 e. The van der Waals surface area contributed by atoms with Crippen LogP contribution in [0.1, 0.15) is 22.5 Å².